The summed E-state index contributed by atoms with van der Waals surface area (Å²) in [6.07, 6.45) is 2.01. The number of carbonyl (C=O) groups is 1. The number of rotatable bonds is 6. The maximum atomic E-state index is 12.0. The zero-order chi connectivity index (χ0) is 20.8. The Labute approximate surface area is 174 Å². The number of urea groups is 1. The maximum absolute atomic E-state index is 12.0. The molecule has 0 unspecified atom stereocenters. The van der Waals surface area contributed by atoms with E-state index >= 15 is 0 Å². The number of anilines is 2. The molecule has 0 spiro atoms. The first-order valence-electron chi connectivity index (χ1n) is 9.25. The summed E-state index contributed by atoms with van der Waals surface area (Å²) < 4.78 is 0. The van der Waals surface area contributed by atoms with E-state index in [-0.39, 0.29) is 6.03 Å². The minimum atomic E-state index is -0.276. The van der Waals surface area contributed by atoms with E-state index in [1.54, 1.807) is 11.8 Å². The largest absolute Gasteiger partial charge is 0.367 e. The molecule has 0 atom stereocenters. The van der Waals surface area contributed by atoms with Crippen molar-refractivity contribution in [3.63, 3.8) is 0 Å². The van der Waals surface area contributed by atoms with Crippen molar-refractivity contribution >= 4 is 40.2 Å². The summed E-state index contributed by atoms with van der Waals surface area (Å²) in [6, 6.07) is 15.4. The van der Waals surface area contributed by atoms with Gasteiger partial charge >= 0.3 is 6.03 Å². The summed E-state index contributed by atoms with van der Waals surface area (Å²) in [5.41, 5.74) is 4.36. The van der Waals surface area contributed by atoms with Gasteiger partial charge in [0.15, 0.2) is 0 Å². The highest BCUT2D eigenvalue weighted by Crippen LogP contribution is 2.24. The van der Waals surface area contributed by atoms with Crippen molar-refractivity contribution < 1.29 is 4.79 Å². The van der Waals surface area contributed by atoms with E-state index in [4.69, 9.17) is 0 Å². The molecule has 0 saturated carbocycles. The van der Waals surface area contributed by atoms with Crippen LogP contribution in [-0.4, -0.2) is 30.4 Å². The van der Waals surface area contributed by atoms with Gasteiger partial charge in [0.2, 0.25) is 0 Å². The molecule has 0 fully saturated rings. The maximum Gasteiger partial charge on any atom is 0.319 e. The van der Waals surface area contributed by atoms with Crippen LogP contribution in [0.1, 0.15) is 16.7 Å². The summed E-state index contributed by atoms with van der Waals surface area (Å²) >= 11 is 1.65. The van der Waals surface area contributed by atoms with Crippen LogP contribution in [0.2, 0.25) is 0 Å². The van der Waals surface area contributed by atoms with Crippen LogP contribution in [0, 0.1) is 25.2 Å². The molecule has 2 amide bonds. The van der Waals surface area contributed by atoms with Gasteiger partial charge in [0.05, 0.1) is 11.1 Å². The topological polar surface area (TPSA) is 89.8 Å². The van der Waals surface area contributed by atoms with Crippen molar-refractivity contribution in [2.24, 2.45) is 0 Å². The number of benzene rings is 2. The minimum absolute atomic E-state index is 0.276. The Morgan fingerprint density at radius 2 is 1.90 bits per heavy atom. The highest BCUT2D eigenvalue weighted by atomic mass is 32.2. The zero-order valence-electron chi connectivity index (χ0n) is 16.7. The third-order valence-corrected chi connectivity index (χ3v) is 5.43. The number of amides is 2. The third kappa shape index (κ3) is 4.98. The van der Waals surface area contributed by atoms with Crippen LogP contribution in [-0.2, 0) is 0 Å². The fourth-order valence-electron chi connectivity index (χ4n) is 2.91. The monoisotopic (exact) mass is 405 g/mol. The molecule has 3 aromatic rings. The Morgan fingerprint density at radius 1 is 1.14 bits per heavy atom. The van der Waals surface area contributed by atoms with Gasteiger partial charge in [0.1, 0.15) is 11.9 Å². The smallest absolute Gasteiger partial charge is 0.319 e. The first-order valence-corrected chi connectivity index (χ1v) is 10.5. The first kappa shape index (κ1) is 20.5. The van der Waals surface area contributed by atoms with Gasteiger partial charge in [-0.05, 0) is 61.6 Å². The van der Waals surface area contributed by atoms with Gasteiger partial charge in [0, 0.05) is 29.1 Å². The SMILES string of the molecule is CSc1ccc(NC(=O)NCCNc2nc3c(C)c(C)ccc3cc2C#N)cc1. The second-order valence-corrected chi connectivity index (χ2v) is 7.49. The zero-order valence-corrected chi connectivity index (χ0v) is 17.5. The van der Waals surface area contributed by atoms with Gasteiger partial charge in [-0.1, -0.05) is 12.1 Å². The molecule has 0 aliphatic carbocycles. The van der Waals surface area contributed by atoms with Gasteiger partial charge in [-0.2, -0.15) is 5.26 Å². The Kier molecular flexibility index (Phi) is 6.57. The standard InChI is InChI=1S/C22H23N5OS/c1-14-4-5-16-12-17(13-23)21(27-20(16)15(14)2)24-10-11-25-22(28)26-18-6-8-19(29-3)9-7-18/h4-9,12H,10-11H2,1-3H3,(H,24,27)(H2,25,26,28). The lowest BCUT2D eigenvalue weighted by Gasteiger charge is -2.12. The van der Waals surface area contributed by atoms with Crippen molar-refractivity contribution in [1.82, 2.24) is 10.3 Å². The number of nitrogens with zero attached hydrogens (tertiary/aromatic N) is 2. The molecule has 0 radical (unpaired) electrons. The van der Waals surface area contributed by atoms with Crippen LogP contribution < -0.4 is 16.0 Å². The number of fused-ring (bicyclic) bond motifs is 1. The second kappa shape index (κ2) is 9.30. The van der Waals surface area contributed by atoms with E-state index in [2.05, 4.69) is 27.0 Å². The lowest BCUT2D eigenvalue weighted by molar-refractivity contribution is 0.252. The lowest BCUT2D eigenvalue weighted by Crippen LogP contribution is -2.32. The van der Waals surface area contributed by atoms with Crippen LogP contribution in [0.5, 0.6) is 0 Å². The van der Waals surface area contributed by atoms with Gasteiger partial charge < -0.3 is 16.0 Å². The normalized spacial score (nSPS) is 10.4. The number of thioether (sulfide) groups is 1. The predicted molar refractivity (Wildman–Crippen MR) is 120 cm³/mol. The van der Waals surface area contributed by atoms with E-state index in [9.17, 15) is 10.1 Å². The first-order chi connectivity index (χ1) is 14.0. The molecule has 29 heavy (non-hydrogen) atoms. The lowest BCUT2D eigenvalue weighted by atomic mass is 10.0. The van der Waals surface area contributed by atoms with E-state index in [1.165, 1.54) is 0 Å². The molecule has 1 aromatic heterocycles. The average Bonchev–Trinajstić information content (AvgIpc) is 2.74. The van der Waals surface area contributed by atoms with Crippen LogP contribution >= 0.6 is 11.8 Å². The van der Waals surface area contributed by atoms with Crippen molar-refractivity contribution in [1.29, 1.82) is 5.26 Å². The van der Waals surface area contributed by atoms with Crippen molar-refractivity contribution in [2.45, 2.75) is 18.7 Å². The van der Waals surface area contributed by atoms with Crippen LogP contribution in [0.25, 0.3) is 10.9 Å². The van der Waals surface area contributed by atoms with E-state index < -0.39 is 0 Å². The number of aryl methyl sites for hydroxylation is 2. The highest BCUT2D eigenvalue weighted by molar-refractivity contribution is 7.98. The quantitative estimate of drug-likeness (QED) is 0.409. The number of carbonyl (C=O) groups excluding carboxylic acids is 1. The fraction of sp³-hybridized carbons (Fsp3) is 0.227. The van der Waals surface area contributed by atoms with Gasteiger partial charge in [-0.25, -0.2) is 9.78 Å². The summed E-state index contributed by atoms with van der Waals surface area (Å²) in [5, 5.41) is 19.1. The van der Waals surface area contributed by atoms with Crippen LogP contribution in [0.3, 0.4) is 0 Å². The number of hydrogen-bond acceptors (Lipinski definition) is 5. The molecule has 0 aliphatic heterocycles. The predicted octanol–water partition coefficient (Wildman–Crippen LogP) is 4.68. The highest BCUT2D eigenvalue weighted by Gasteiger charge is 2.09. The van der Waals surface area contributed by atoms with E-state index in [1.807, 2.05) is 62.6 Å². The van der Waals surface area contributed by atoms with Crippen molar-refractivity contribution in [3.8, 4) is 6.07 Å². The van der Waals surface area contributed by atoms with E-state index in [0.29, 0.717) is 24.5 Å². The van der Waals surface area contributed by atoms with Gasteiger partial charge in [-0.15, -0.1) is 11.8 Å². The fourth-order valence-corrected chi connectivity index (χ4v) is 3.32. The summed E-state index contributed by atoms with van der Waals surface area (Å²) in [5.74, 6) is 0.531. The van der Waals surface area contributed by atoms with Gasteiger partial charge in [0.25, 0.3) is 0 Å². The van der Waals surface area contributed by atoms with Gasteiger partial charge in [-0.3, -0.25) is 0 Å². The molecule has 3 rings (SSSR count). The van der Waals surface area contributed by atoms with Crippen LogP contribution in [0.15, 0.2) is 47.4 Å². The average molecular weight is 406 g/mol. The molecule has 3 N–H and O–H groups in total. The molecular formula is C22H23N5OS. The molecule has 0 bridgehead atoms. The number of aromatic nitrogens is 1. The number of hydrogen-bond donors (Lipinski definition) is 3. The Morgan fingerprint density at radius 3 is 2.59 bits per heavy atom. The minimum Gasteiger partial charge on any atom is -0.367 e. The number of nitrogens with one attached hydrogen (secondary N) is 3. The molecule has 7 heteroatoms. The molecule has 0 saturated heterocycles. The molecule has 1 heterocycles. The molecule has 0 aliphatic rings. The number of nitriles is 1. The molecule has 2 aromatic carbocycles. The summed E-state index contributed by atoms with van der Waals surface area (Å²) in [7, 11) is 0. The van der Waals surface area contributed by atoms with Crippen molar-refractivity contribution in [2.75, 3.05) is 30.0 Å². The molecular weight excluding hydrogens is 382 g/mol. The number of pyridine rings is 1. The second-order valence-electron chi connectivity index (χ2n) is 6.61. The van der Waals surface area contributed by atoms with Crippen molar-refractivity contribution in [3.05, 3.63) is 59.2 Å². The molecule has 6 nitrogen and oxygen atoms in total. The summed E-state index contributed by atoms with van der Waals surface area (Å²) in [6.45, 7) is 4.92. The van der Waals surface area contributed by atoms with E-state index in [0.717, 1.165) is 32.6 Å². The molecule has 148 valence electrons. The Hall–Kier alpha value is -3.24. The third-order valence-electron chi connectivity index (χ3n) is 4.68. The summed E-state index contributed by atoms with van der Waals surface area (Å²) in [4.78, 5) is 17.8. The van der Waals surface area contributed by atoms with Crippen LogP contribution in [0.4, 0.5) is 16.3 Å². The Bertz CT molecular complexity index is 1070. The Balaban J connectivity index is 1.58.